The lowest BCUT2D eigenvalue weighted by Crippen LogP contribution is -2.30. The monoisotopic (exact) mass is 318 g/mol. The maximum atomic E-state index is 2.57. The molecule has 0 atom stereocenters. The molecule has 0 amide bonds. The molecule has 2 nitrogen and oxygen atoms in total. The molecule has 2 heteroatoms. The predicted octanol–water partition coefficient (Wildman–Crippen LogP) is 4.44. The van der Waals surface area contributed by atoms with Crippen LogP contribution in [0.2, 0.25) is 0 Å². The summed E-state index contributed by atoms with van der Waals surface area (Å²) in [5.74, 6) is 0. The van der Waals surface area contributed by atoms with Gasteiger partial charge >= 0.3 is 0 Å². The summed E-state index contributed by atoms with van der Waals surface area (Å²) in [5, 5.41) is 0. The maximum Gasteiger partial charge on any atom is 0.0432 e. The Morgan fingerprint density at radius 3 is 2.62 bits per heavy atom. The van der Waals surface area contributed by atoms with E-state index in [4.69, 9.17) is 0 Å². The van der Waals surface area contributed by atoms with Crippen LogP contribution in [-0.4, -0.2) is 22.4 Å². The van der Waals surface area contributed by atoms with Gasteiger partial charge in [-0.1, -0.05) is 42.5 Å². The number of benzene rings is 2. The molecular weight excluding hydrogens is 292 g/mol. The fourth-order valence-electron chi connectivity index (χ4n) is 3.78. The normalized spacial score (nSPS) is 17.0. The Morgan fingerprint density at radius 1 is 0.958 bits per heavy atom. The summed E-state index contributed by atoms with van der Waals surface area (Å²) in [5.41, 5.74) is 7.29. The van der Waals surface area contributed by atoms with E-state index in [1.165, 1.54) is 34.2 Å². The highest BCUT2D eigenvalue weighted by Gasteiger charge is 2.17. The van der Waals surface area contributed by atoms with Gasteiger partial charge in [0.1, 0.15) is 0 Å². The first-order valence-electron chi connectivity index (χ1n) is 9.04. The number of rotatable bonds is 3. The minimum atomic E-state index is 0.552. The second-order valence-corrected chi connectivity index (χ2v) is 7.34. The summed E-state index contributed by atoms with van der Waals surface area (Å²) < 4.78 is 0. The van der Waals surface area contributed by atoms with E-state index in [2.05, 4.69) is 78.4 Å². The van der Waals surface area contributed by atoms with Gasteiger partial charge in [0.25, 0.3) is 0 Å². The van der Waals surface area contributed by atoms with Crippen LogP contribution in [0, 0.1) is 0 Å². The highest BCUT2D eigenvalue weighted by atomic mass is 15.1. The first-order valence-corrected chi connectivity index (χ1v) is 9.04. The van der Waals surface area contributed by atoms with Crippen molar-refractivity contribution in [2.45, 2.75) is 45.9 Å². The SMILES string of the molecule is CC(C)N1C=Cc2ccc(CN3CCc4ccccc4C3)cc2C1. The van der Waals surface area contributed by atoms with Crippen molar-refractivity contribution in [3.05, 3.63) is 76.5 Å². The largest absolute Gasteiger partial charge is 0.371 e. The third-order valence-corrected chi connectivity index (χ3v) is 5.29. The zero-order chi connectivity index (χ0) is 16.5. The lowest BCUT2D eigenvalue weighted by atomic mass is 9.98. The van der Waals surface area contributed by atoms with Crippen LogP contribution in [0.1, 0.15) is 41.7 Å². The molecule has 0 aromatic heterocycles. The molecule has 4 rings (SSSR count). The molecule has 124 valence electrons. The fourth-order valence-corrected chi connectivity index (χ4v) is 3.78. The van der Waals surface area contributed by atoms with Crippen LogP contribution < -0.4 is 0 Å². The summed E-state index contributed by atoms with van der Waals surface area (Å²) >= 11 is 0. The number of nitrogens with zero attached hydrogens (tertiary/aromatic N) is 2. The zero-order valence-electron chi connectivity index (χ0n) is 14.7. The predicted molar refractivity (Wildman–Crippen MR) is 100 cm³/mol. The summed E-state index contributed by atoms with van der Waals surface area (Å²) in [6, 6.07) is 16.4. The molecule has 2 heterocycles. The van der Waals surface area contributed by atoms with Gasteiger partial charge in [-0.15, -0.1) is 0 Å². The van der Waals surface area contributed by atoms with E-state index in [0.717, 1.165) is 26.2 Å². The Morgan fingerprint density at radius 2 is 1.79 bits per heavy atom. The summed E-state index contributed by atoms with van der Waals surface area (Å²) in [7, 11) is 0. The van der Waals surface area contributed by atoms with E-state index in [1.54, 1.807) is 0 Å². The molecule has 0 spiro atoms. The number of hydrogen-bond donors (Lipinski definition) is 0. The van der Waals surface area contributed by atoms with E-state index in [-0.39, 0.29) is 0 Å². The van der Waals surface area contributed by atoms with Gasteiger partial charge in [0.2, 0.25) is 0 Å². The Hall–Kier alpha value is -2.06. The summed E-state index contributed by atoms with van der Waals surface area (Å²) in [6.07, 6.45) is 5.65. The van der Waals surface area contributed by atoms with Crippen molar-refractivity contribution < 1.29 is 0 Å². The standard InChI is InChI=1S/C22H26N2/c1-17(2)24-12-10-20-8-7-18(13-22(20)16-24)14-23-11-9-19-5-3-4-6-21(19)15-23/h3-8,10,12-13,17H,9,11,14-16H2,1-2H3. The second kappa shape index (κ2) is 6.45. The minimum Gasteiger partial charge on any atom is -0.371 e. The first-order chi connectivity index (χ1) is 11.7. The van der Waals surface area contributed by atoms with Gasteiger partial charge in [0.15, 0.2) is 0 Å². The quantitative estimate of drug-likeness (QED) is 0.825. The highest BCUT2D eigenvalue weighted by molar-refractivity contribution is 5.56. The van der Waals surface area contributed by atoms with Gasteiger partial charge in [-0.05, 0) is 54.2 Å². The number of fused-ring (bicyclic) bond motifs is 2. The lowest BCUT2D eigenvalue weighted by Gasteiger charge is -2.31. The fraction of sp³-hybridized carbons (Fsp3) is 0.364. The maximum absolute atomic E-state index is 2.57. The molecule has 0 radical (unpaired) electrons. The second-order valence-electron chi connectivity index (χ2n) is 7.34. The Balaban J connectivity index is 1.49. The summed E-state index contributed by atoms with van der Waals surface area (Å²) in [6.45, 7) is 8.82. The van der Waals surface area contributed by atoms with Crippen LogP contribution >= 0.6 is 0 Å². The molecule has 0 saturated heterocycles. The molecule has 2 aliphatic heterocycles. The van der Waals surface area contributed by atoms with E-state index < -0.39 is 0 Å². The molecule has 0 aliphatic carbocycles. The molecule has 0 unspecified atom stereocenters. The molecule has 2 aliphatic rings. The van der Waals surface area contributed by atoms with Crippen molar-refractivity contribution in [2.75, 3.05) is 6.54 Å². The molecule has 2 aromatic rings. The minimum absolute atomic E-state index is 0.552. The smallest absolute Gasteiger partial charge is 0.0432 e. The Labute approximate surface area is 145 Å². The van der Waals surface area contributed by atoms with Crippen molar-refractivity contribution in [3.8, 4) is 0 Å². The lowest BCUT2D eigenvalue weighted by molar-refractivity contribution is 0.245. The third kappa shape index (κ3) is 3.11. The van der Waals surface area contributed by atoms with Gasteiger partial charge < -0.3 is 4.90 Å². The average Bonchev–Trinajstić information content (AvgIpc) is 2.61. The molecule has 0 fully saturated rings. The Kier molecular flexibility index (Phi) is 4.15. The van der Waals surface area contributed by atoms with Gasteiger partial charge in [0.05, 0.1) is 0 Å². The van der Waals surface area contributed by atoms with Crippen LogP contribution in [0.4, 0.5) is 0 Å². The van der Waals surface area contributed by atoms with Crippen molar-refractivity contribution in [3.63, 3.8) is 0 Å². The van der Waals surface area contributed by atoms with E-state index in [0.29, 0.717) is 6.04 Å². The van der Waals surface area contributed by atoms with Gasteiger partial charge in [-0.25, -0.2) is 0 Å². The zero-order valence-corrected chi connectivity index (χ0v) is 14.7. The van der Waals surface area contributed by atoms with Gasteiger partial charge in [0, 0.05) is 38.4 Å². The average molecular weight is 318 g/mol. The molecule has 24 heavy (non-hydrogen) atoms. The van der Waals surface area contributed by atoms with E-state index in [9.17, 15) is 0 Å². The van der Waals surface area contributed by atoms with Crippen LogP contribution in [0.25, 0.3) is 6.08 Å². The van der Waals surface area contributed by atoms with Gasteiger partial charge in [-0.3, -0.25) is 4.90 Å². The molecule has 0 saturated carbocycles. The van der Waals surface area contributed by atoms with Crippen molar-refractivity contribution in [2.24, 2.45) is 0 Å². The van der Waals surface area contributed by atoms with Crippen molar-refractivity contribution >= 4 is 6.08 Å². The van der Waals surface area contributed by atoms with Crippen LogP contribution in [0.5, 0.6) is 0 Å². The van der Waals surface area contributed by atoms with Crippen LogP contribution in [0.3, 0.4) is 0 Å². The van der Waals surface area contributed by atoms with E-state index >= 15 is 0 Å². The molecule has 0 bridgehead atoms. The van der Waals surface area contributed by atoms with Crippen LogP contribution in [0.15, 0.2) is 48.7 Å². The van der Waals surface area contributed by atoms with Gasteiger partial charge in [-0.2, -0.15) is 0 Å². The molecular formula is C22H26N2. The Bertz CT molecular complexity index is 760. The third-order valence-electron chi connectivity index (χ3n) is 5.29. The topological polar surface area (TPSA) is 6.48 Å². The first kappa shape index (κ1) is 15.5. The summed E-state index contributed by atoms with van der Waals surface area (Å²) in [4.78, 5) is 4.98. The van der Waals surface area contributed by atoms with Crippen molar-refractivity contribution in [1.29, 1.82) is 0 Å². The van der Waals surface area contributed by atoms with Crippen molar-refractivity contribution in [1.82, 2.24) is 9.80 Å². The highest BCUT2D eigenvalue weighted by Crippen LogP contribution is 2.25. The molecule has 2 aromatic carbocycles. The van der Waals surface area contributed by atoms with Crippen LogP contribution in [-0.2, 0) is 26.1 Å². The van der Waals surface area contributed by atoms with E-state index in [1.807, 2.05) is 0 Å². The number of hydrogen-bond acceptors (Lipinski definition) is 2. The molecule has 0 N–H and O–H groups in total.